The molecule has 0 saturated heterocycles. The van der Waals surface area contributed by atoms with Crippen molar-refractivity contribution in [1.29, 1.82) is 0 Å². The highest BCUT2D eigenvalue weighted by Crippen LogP contribution is 2.06. The van der Waals surface area contributed by atoms with Crippen LogP contribution in [0.5, 0.6) is 0 Å². The molecule has 0 rings (SSSR count). The topological polar surface area (TPSA) is 29.1 Å². The van der Waals surface area contributed by atoms with E-state index in [1.165, 1.54) is 6.42 Å². The van der Waals surface area contributed by atoms with E-state index in [0.717, 1.165) is 12.8 Å². The maximum Gasteiger partial charge on any atom is 0.222 e. The summed E-state index contributed by atoms with van der Waals surface area (Å²) in [5.41, 5.74) is 0. The van der Waals surface area contributed by atoms with Gasteiger partial charge in [0.25, 0.3) is 0 Å². The van der Waals surface area contributed by atoms with Crippen molar-refractivity contribution in [3.8, 4) is 0 Å². The minimum Gasteiger partial charge on any atom is -0.359 e. The first-order chi connectivity index (χ1) is 4.72. The van der Waals surface area contributed by atoms with E-state index >= 15 is 0 Å². The molecule has 0 aromatic rings. The number of carbonyl (C=O) groups is 1. The Balaban J connectivity index is 3.41. The van der Waals surface area contributed by atoms with Gasteiger partial charge < -0.3 is 5.32 Å². The molecule has 1 amide bonds. The van der Waals surface area contributed by atoms with E-state index in [0.29, 0.717) is 0 Å². The zero-order chi connectivity index (χ0) is 7.98. The molecule has 0 spiro atoms. The summed E-state index contributed by atoms with van der Waals surface area (Å²) in [6, 6.07) is 0. The minimum atomic E-state index is 0.161. The molecule has 1 N–H and O–H groups in total. The summed E-state index contributed by atoms with van der Waals surface area (Å²) in [4.78, 5) is 10.9. The van der Waals surface area contributed by atoms with Gasteiger partial charge in [-0.25, -0.2) is 0 Å². The van der Waals surface area contributed by atoms with Crippen LogP contribution in [0.25, 0.3) is 0 Å². The Kier molecular flexibility index (Phi) is 4.99. The van der Waals surface area contributed by atoms with Crippen molar-refractivity contribution in [1.82, 2.24) is 5.32 Å². The van der Waals surface area contributed by atoms with E-state index in [2.05, 4.69) is 12.2 Å². The van der Waals surface area contributed by atoms with Crippen molar-refractivity contribution in [2.24, 2.45) is 5.92 Å². The molecule has 0 saturated carbocycles. The maximum absolute atomic E-state index is 10.9. The van der Waals surface area contributed by atoms with Crippen LogP contribution in [0.3, 0.4) is 0 Å². The number of unbranched alkanes of at least 4 members (excludes halogenated alkanes) is 1. The van der Waals surface area contributed by atoms with Gasteiger partial charge in [-0.1, -0.05) is 26.7 Å². The molecule has 0 bridgehead atoms. The van der Waals surface area contributed by atoms with Crippen LogP contribution in [0.1, 0.15) is 33.1 Å². The molecule has 0 aliphatic heterocycles. The highest BCUT2D eigenvalue weighted by Gasteiger charge is 2.08. The van der Waals surface area contributed by atoms with Crippen LogP contribution in [-0.2, 0) is 4.79 Å². The fourth-order valence-electron chi connectivity index (χ4n) is 0.888. The zero-order valence-corrected chi connectivity index (χ0v) is 7.11. The van der Waals surface area contributed by atoms with Gasteiger partial charge in [-0.05, 0) is 6.42 Å². The van der Waals surface area contributed by atoms with Crippen molar-refractivity contribution in [3.05, 3.63) is 0 Å². The van der Waals surface area contributed by atoms with Crippen molar-refractivity contribution >= 4 is 5.91 Å². The van der Waals surface area contributed by atoms with Gasteiger partial charge in [-0.2, -0.15) is 0 Å². The first-order valence-corrected chi connectivity index (χ1v) is 3.94. The van der Waals surface area contributed by atoms with Crippen LogP contribution in [-0.4, -0.2) is 13.0 Å². The summed E-state index contributed by atoms with van der Waals surface area (Å²) in [5.74, 6) is 0.346. The molecule has 2 heteroatoms. The summed E-state index contributed by atoms with van der Waals surface area (Å²) < 4.78 is 0. The highest BCUT2D eigenvalue weighted by atomic mass is 16.1. The summed E-state index contributed by atoms with van der Waals surface area (Å²) in [5, 5.41) is 2.63. The molecule has 0 aromatic carbocycles. The lowest BCUT2D eigenvalue weighted by Crippen LogP contribution is -2.25. The van der Waals surface area contributed by atoms with Gasteiger partial charge in [0.2, 0.25) is 5.91 Å². The number of hydrogen-bond acceptors (Lipinski definition) is 1. The fraction of sp³-hybridized carbons (Fsp3) is 0.875. The Morgan fingerprint density at radius 3 is 2.60 bits per heavy atom. The molecule has 10 heavy (non-hydrogen) atoms. The number of nitrogens with one attached hydrogen (secondary N) is 1. The Bertz CT molecular complexity index is 101. The van der Waals surface area contributed by atoms with E-state index in [-0.39, 0.29) is 11.8 Å². The summed E-state index contributed by atoms with van der Waals surface area (Å²) in [7, 11) is 1.69. The second kappa shape index (κ2) is 5.27. The molecular formula is C8H17NO. The standard InChI is InChI=1S/C8H17NO/c1-4-5-6-7(2)8(10)9-3/h7H,4-6H2,1-3H3,(H,9,10)/t7-/m1/s1. The third-order valence-electron chi connectivity index (χ3n) is 1.68. The Labute approximate surface area is 63.0 Å². The SMILES string of the molecule is CCCC[C@@H](C)C(=O)NC. The predicted octanol–water partition coefficient (Wildman–Crippen LogP) is 1.56. The summed E-state index contributed by atoms with van der Waals surface area (Å²) >= 11 is 0. The van der Waals surface area contributed by atoms with Crippen LogP contribution in [0, 0.1) is 5.92 Å². The maximum atomic E-state index is 10.9. The second-order valence-electron chi connectivity index (χ2n) is 2.66. The van der Waals surface area contributed by atoms with Crippen LogP contribution < -0.4 is 5.32 Å². The first-order valence-electron chi connectivity index (χ1n) is 3.94. The van der Waals surface area contributed by atoms with Gasteiger partial charge in [0.15, 0.2) is 0 Å². The van der Waals surface area contributed by atoms with Crippen molar-refractivity contribution < 1.29 is 4.79 Å². The van der Waals surface area contributed by atoms with Gasteiger partial charge in [0, 0.05) is 13.0 Å². The molecule has 2 nitrogen and oxygen atoms in total. The Hall–Kier alpha value is -0.530. The van der Waals surface area contributed by atoms with Crippen molar-refractivity contribution in [2.45, 2.75) is 33.1 Å². The smallest absolute Gasteiger partial charge is 0.222 e. The third kappa shape index (κ3) is 3.49. The van der Waals surface area contributed by atoms with E-state index < -0.39 is 0 Å². The largest absolute Gasteiger partial charge is 0.359 e. The predicted molar refractivity (Wildman–Crippen MR) is 42.8 cm³/mol. The van der Waals surface area contributed by atoms with Crippen LogP contribution in [0.15, 0.2) is 0 Å². The van der Waals surface area contributed by atoms with Crippen LogP contribution in [0.4, 0.5) is 0 Å². The zero-order valence-electron chi connectivity index (χ0n) is 7.11. The van der Waals surface area contributed by atoms with Gasteiger partial charge in [0.1, 0.15) is 0 Å². The summed E-state index contributed by atoms with van der Waals surface area (Å²) in [6.45, 7) is 4.10. The molecular weight excluding hydrogens is 126 g/mol. The molecule has 60 valence electrons. The molecule has 0 aliphatic carbocycles. The fourth-order valence-corrected chi connectivity index (χ4v) is 0.888. The number of rotatable bonds is 4. The summed E-state index contributed by atoms with van der Waals surface area (Å²) in [6.07, 6.45) is 3.33. The van der Waals surface area contributed by atoms with Gasteiger partial charge >= 0.3 is 0 Å². The van der Waals surface area contributed by atoms with Gasteiger partial charge in [0.05, 0.1) is 0 Å². The van der Waals surface area contributed by atoms with E-state index in [9.17, 15) is 4.79 Å². The Morgan fingerprint density at radius 1 is 1.60 bits per heavy atom. The molecule has 0 aromatic heterocycles. The second-order valence-corrected chi connectivity index (χ2v) is 2.66. The highest BCUT2D eigenvalue weighted by molar-refractivity contribution is 5.77. The lowest BCUT2D eigenvalue weighted by molar-refractivity contribution is -0.124. The third-order valence-corrected chi connectivity index (χ3v) is 1.68. The van der Waals surface area contributed by atoms with E-state index in [1.807, 2.05) is 6.92 Å². The van der Waals surface area contributed by atoms with E-state index in [1.54, 1.807) is 7.05 Å². The molecule has 0 unspecified atom stereocenters. The molecule has 0 radical (unpaired) electrons. The first kappa shape index (κ1) is 9.47. The van der Waals surface area contributed by atoms with Crippen molar-refractivity contribution in [3.63, 3.8) is 0 Å². The van der Waals surface area contributed by atoms with Crippen LogP contribution >= 0.6 is 0 Å². The van der Waals surface area contributed by atoms with Crippen molar-refractivity contribution in [2.75, 3.05) is 7.05 Å². The minimum absolute atomic E-state index is 0.161. The van der Waals surface area contributed by atoms with Gasteiger partial charge in [-0.15, -0.1) is 0 Å². The number of carbonyl (C=O) groups excluding carboxylic acids is 1. The lowest BCUT2D eigenvalue weighted by Gasteiger charge is -2.07. The normalized spacial score (nSPS) is 12.7. The van der Waals surface area contributed by atoms with E-state index in [4.69, 9.17) is 0 Å². The van der Waals surface area contributed by atoms with Crippen LogP contribution in [0.2, 0.25) is 0 Å². The molecule has 1 atom stereocenters. The average Bonchev–Trinajstić information content (AvgIpc) is 1.98. The monoisotopic (exact) mass is 143 g/mol. The molecule has 0 fully saturated rings. The lowest BCUT2D eigenvalue weighted by atomic mass is 10.0. The number of hydrogen-bond donors (Lipinski definition) is 1. The quantitative estimate of drug-likeness (QED) is 0.635. The molecule has 0 aliphatic rings. The van der Waals surface area contributed by atoms with Gasteiger partial charge in [-0.3, -0.25) is 4.79 Å². The molecule has 0 heterocycles. The Morgan fingerprint density at radius 2 is 2.20 bits per heavy atom. The number of amides is 1. The average molecular weight is 143 g/mol.